The molecule has 0 aliphatic heterocycles. The Labute approximate surface area is 161 Å². The second-order valence-corrected chi connectivity index (χ2v) is 6.68. The van der Waals surface area contributed by atoms with Crippen molar-refractivity contribution < 1.29 is 32.5 Å². The molecule has 2 rings (SSSR count). The molecule has 0 aliphatic rings. The van der Waals surface area contributed by atoms with Gasteiger partial charge in [0.1, 0.15) is 23.8 Å². The Morgan fingerprint density at radius 1 is 1.11 bits per heavy atom. The SMILES string of the molecule is COc1cnc(NC(=O)OC(C)(C)C)cc1OCc1c(OC)ccc(F)c1F. The van der Waals surface area contributed by atoms with Gasteiger partial charge in [0, 0.05) is 6.07 Å². The largest absolute Gasteiger partial charge is 0.496 e. The molecule has 28 heavy (non-hydrogen) atoms. The zero-order chi connectivity index (χ0) is 20.9. The number of carbonyl (C=O) groups is 1. The molecule has 0 bridgehead atoms. The molecular formula is C19H22F2N2O5. The summed E-state index contributed by atoms with van der Waals surface area (Å²) < 4.78 is 48.5. The van der Waals surface area contributed by atoms with Gasteiger partial charge in [-0.05, 0) is 32.9 Å². The van der Waals surface area contributed by atoms with Crippen molar-refractivity contribution in [1.29, 1.82) is 0 Å². The molecule has 1 heterocycles. The van der Waals surface area contributed by atoms with E-state index in [2.05, 4.69) is 10.3 Å². The second kappa shape index (κ2) is 8.73. The number of hydrogen-bond donors (Lipinski definition) is 1. The Balaban J connectivity index is 2.21. The zero-order valence-corrected chi connectivity index (χ0v) is 16.3. The molecule has 7 nitrogen and oxygen atoms in total. The maximum Gasteiger partial charge on any atom is 0.413 e. The maximum absolute atomic E-state index is 14.1. The van der Waals surface area contributed by atoms with Gasteiger partial charge >= 0.3 is 6.09 Å². The summed E-state index contributed by atoms with van der Waals surface area (Å²) in [5, 5.41) is 2.46. The van der Waals surface area contributed by atoms with E-state index in [4.69, 9.17) is 18.9 Å². The van der Waals surface area contributed by atoms with E-state index in [0.29, 0.717) is 0 Å². The van der Waals surface area contributed by atoms with Gasteiger partial charge in [-0.1, -0.05) is 0 Å². The molecular weight excluding hydrogens is 374 g/mol. The highest BCUT2D eigenvalue weighted by molar-refractivity contribution is 5.84. The molecule has 0 saturated heterocycles. The van der Waals surface area contributed by atoms with Crippen molar-refractivity contribution in [2.75, 3.05) is 19.5 Å². The summed E-state index contributed by atoms with van der Waals surface area (Å²) in [6.45, 7) is 4.84. The van der Waals surface area contributed by atoms with Crippen molar-refractivity contribution in [3.63, 3.8) is 0 Å². The van der Waals surface area contributed by atoms with E-state index in [-0.39, 0.29) is 35.2 Å². The Morgan fingerprint density at radius 2 is 1.79 bits per heavy atom. The second-order valence-electron chi connectivity index (χ2n) is 6.68. The van der Waals surface area contributed by atoms with Gasteiger partial charge in [0.15, 0.2) is 23.1 Å². The summed E-state index contributed by atoms with van der Waals surface area (Å²) in [4.78, 5) is 15.9. The van der Waals surface area contributed by atoms with E-state index in [1.165, 1.54) is 32.5 Å². The van der Waals surface area contributed by atoms with Gasteiger partial charge in [0.25, 0.3) is 0 Å². The van der Waals surface area contributed by atoms with Crippen LogP contribution in [0.4, 0.5) is 19.4 Å². The molecule has 0 spiro atoms. The van der Waals surface area contributed by atoms with E-state index < -0.39 is 23.3 Å². The summed E-state index contributed by atoms with van der Waals surface area (Å²) in [6, 6.07) is 3.65. The molecule has 1 N–H and O–H groups in total. The quantitative estimate of drug-likeness (QED) is 0.784. The number of carbonyl (C=O) groups excluding carboxylic acids is 1. The zero-order valence-electron chi connectivity index (χ0n) is 16.3. The third kappa shape index (κ3) is 5.45. The van der Waals surface area contributed by atoms with Gasteiger partial charge in [-0.2, -0.15) is 0 Å². The highest BCUT2D eigenvalue weighted by Gasteiger charge is 2.19. The van der Waals surface area contributed by atoms with E-state index in [9.17, 15) is 13.6 Å². The normalized spacial score (nSPS) is 11.0. The number of amides is 1. The van der Waals surface area contributed by atoms with Crippen LogP contribution in [0.5, 0.6) is 17.2 Å². The predicted molar refractivity (Wildman–Crippen MR) is 97.9 cm³/mol. The van der Waals surface area contributed by atoms with E-state index >= 15 is 0 Å². The summed E-state index contributed by atoms with van der Waals surface area (Å²) in [5.74, 6) is -1.41. The Bertz CT molecular complexity index is 853. The number of nitrogens with zero attached hydrogens (tertiary/aromatic N) is 1. The fourth-order valence-electron chi connectivity index (χ4n) is 2.22. The van der Waals surface area contributed by atoms with Crippen molar-refractivity contribution in [1.82, 2.24) is 4.98 Å². The number of rotatable bonds is 6. The molecule has 1 amide bonds. The first-order valence-electron chi connectivity index (χ1n) is 8.32. The summed E-state index contributed by atoms with van der Waals surface area (Å²) in [6.07, 6.45) is 0.621. The number of methoxy groups -OCH3 is 2. The fourth-order valence-corrected chi connectivity index (χ4v) is 2.22. The number of pyridine rings is 1. The molecule has 1 aromatic heterocycles. The van der Waals surface area contributed by atoms with Crippen LogP contribution in [0, 0.1) is 11.6 Å². The molecule has 0 atom stereocenters. The lowest BCUT2D eigenvalue weighted by Crippen LogP contribution is -2.27. The van der Waals surface area contributed by atoms with Gasteiger partial charge < -0.3 is 18.9 Å². The van der Waals surface area contributed by atoms with Gasteiger partial charge in [0.05, 0.1) is 26.0 Å². The Kier molecular flexibility index (Phi) is 6.61. The summed E-state index contributed by atoms with van der Waals surface area (Å²) in [7, 11) is 2.74. The van der Waals surface area contributed by atoms with Gasteiger partial charge in [-0.15, -0.1) is 0 Å². The number of aromatic nitrogens is 1. The number of benzene rings is 1. The van der Waals surface area contributed by atoms with Crippen molar-refractivity contribution in [3.05, 3.63) is 41.6 Å². The minimum atomic E-state index is -1.07. The van der Waals surface area contributed by atoms with Crippen LogP contribution < -0.4 is 19.5 Å². The van der Waals surface area contributed by atoms with Crippen LogP contribution in [0.25, 0.3) is 0 Å². The van der Waals surface area contributed by atoms with Crippen LogP contribution in [-0.2, 0) is 11.3 Å². The first kappa shape index (κ1) is 21.2. The number of ether oxygens (including phenoxy) is 4. The minimum absolute atomic E-state index is 0.0944. The molecule has 152 valence electrons. The number of anilines is 1. The maximum atomic E-state index is 14.1. The van der Waals surface area contributed by atoms with Crippen molar-refractivity contribution in [3.8, 4) is 17.2 Å². The van der Waals surface area contributed by atoms with Gasteiger partial charge in [-0.3, -0.25) is 5.32 Å². The lowest BCUT2D eigenvalue weighted by atomic mass is 10.2. The monoisotopic (exact) mass is 396 g/mol. The lowest BCUT2D eigenvalue weighted by Gasteiger charge is -2.19. The van der Waals surface area contributed by atoms with Gasteiger partial charge in [0.2, 0.25) is 0 Å². The lowest BCUT2D eigenvalue weighted by molar-refractivity contribution is 0.0635. The van der Waals surface area contributed by atoms with Crippen LogP contribution in [0.1, 0.15) is 26.3 Å². The van der Waals surface area contributed by atoms with Crippen LogP contribution in [0.2, 0.25) is 0 Å². The highest BCUT2D eigenvalue weighted by atomic mass is 19.2. The highest BCUT2D eigenvalue weighted by Crippen LogP contribution is 2.31. The number of hydrogen-bond acceptors (Lipinski definition) is 6. The van der Waals surface area contributed by atoms with Crippen LogP contribution in [0.3, 0.4) is 0 Å². The Morgan fingerprint density at radius 3 is 2.39 bits per heavy atom. The molecule has 9 heteroatoms. The average molecular weight is 396 g/mol. The summed E-state index contributed by atoms with van der Waals surface area (Å²) in [5.41, 5.74) is -0.774. The third-order valence-electron chi connectivity index (χ3n) is 3.43. The topological polar surface area (TPSA) is 78.9 Å². The number of nitrogens with one attached hydrogen (secondary N) is 1. The molecule has 0 aliphatic carbocycles. The Hall–Kier alpha value is -3.10. The smallest absolute Gasteiger partial charge is 0.413 e. The van der Waals surface area contributed by atoms with E-state index in [1.54, 1.807) is 20.8 Å². The molecule has 1 aromatic carbocycles. The molecule has 2 aromatic rings. The van der Waals surface area contributed by atoms with Crippen molar-refractivity contribution in [2.24, 2.45) is 0 Å². The van der Waals surface area contributed by atoms with Crippen molar-refractivity contribution in [2.45, 2.75) is 33.0 Å². The van der Waals surface area contributed by atoms with Gasteiger partial charge in [-0.25, -0.2) is 18.6 Å². The average Bonchev–Trinajstić information content (AvgIpc) is 2.61. The fraction of sp³-hybridized carbons (Fsp3) is 0.368. The van der Waals surface area contributed by atoms with Crippen molar-refractivity contribution >= 4 is 11.9 Å². The minimum Gasteiger partial charge on any atom is -0.496 e. The van der Waals surface area contributed by atoms with Crippen LogP contribution >= 0.6 is 0 Å². The van der Waals surface area contributed by atoms with Crippen LogP contribution in [0.15, 0.2) is 24.4 Å². The number of halogens is 2. The summed E-state index contributed by atoms with van der Waals surface area (Å²) >= 11 is 0. The third-order valence-corrected chi connectivity index (χ3v) is 3.43. The van der Waals surface area contributed by atoms with Crippen LogP contribution in [-0.4, -0.2) is 30.9 Å². The molecule has 0 unspecified atom stereocenters. The van der Waals surface area contributed by atoms with E-state index in [1.807, 2.05) is 0 Å². The molecule has 0 saturated carbocycles. The van der Waals surface area contributed by atoms with E-state index in [0.717, 1.165) is 6.07 Å². The first-order chi connectivity index (χ1) is 13.1. The predicted octanol–water partition coefficient (Wildman–Crippen LogP) is 4.30. The molecule has 0 fully saturated rings. The first-order valence-corrected chi connectivity index (χ1v) is 8.32. The standard InChI is InChI=1S/C19H22F2N2O5/c1-19(2,3)28-18(24)23-16-8-14(15(26-5)9-22-16)27-10-11-13(25-4)7-6-12(20)17(11)21/h6-9H,10H2,1-5H3,(H,22,23,24). The molecule has 0 radical (unpaired) electrons.